The van der Waals surface area contributed by atoms with E-state index in [1.54, 1.807) is 7.11 Å². The van der Waals surface area contributed by atoms with Gasteiger partial charge in [0.2, 0.25) is 0 Å². The molecule has 1 aliphatic heterocycles. The van der Waals surface area contributed by atoms with Crippen LogP contribution >= 0.6 is 11.6 Å². The molecular formula is C15H15ClN2O3. The summed E-state index contributed by atoms with van der Waals surface area (Å²) in [5, 5.41) is 9.68. The van der Waals surface area contributed by atoms with Gasteiger partial charge in [-0.15, -0.1) is 0 Å². The standard InChI is InChI=1S/C15H15ClN2O3/c1-21-11-4-2-3-9(7-11)14-17-13(16)12-6-5-10(15(19)20)8-18(12)14/h2-4,7,10H,5-6,8H2,1H3,(H,19,20). The number of fused-ring (bicyclic) bond motifs is 1. The molecule has 2 heterocycles. The average molecular weight is 307 g/mol. The number of imidazole rings is 1. The van der Waals surface area contributed by atoms with Crippen LogP contribution in [-0.4, -0.2) is 27.7 Å². The number of rotatable bonds is 3. The summed E-state index contributed by atoms with van der Waals surface area (Å²) in [6.45, 7) is 0.400. The molecule has 1 atom stereocenters. The van der Waals surface area contributed by atoms with Crippen molar-refractivity contribution in [3.63, 3.8) is 0 Å². The third kappa shape index (κ3) is 2.49. The van der Waals surface area contributed by atoms with Gasteiger partial charge in [0.25, 0.3) is 0 Å². The van der Waals surface area contributed by atoms with Crippen molar-refractivity contribution in [3.8, 4) is 17.1 Å². The number of hydrogen-bond acceptors (Lipinski definition) is 3. The van der Waals surface area contributed by atoms with E-state index in [0.29, 0.717) is 30.4 Å². The van der Waals surface area contributed by atoms with E-state index >= 15 is 0 Å². The summed E-state index contributed by atoms with van der Waals surface area (Å²) >= 11 is 6.20. The molecule has 110 valence electrons. The number of carbonyl (C=O) groups is 1. The van der Waals surface area contributed by atoms with Crippen LogP contribution in [0.5, 0.6) is 5.75 Å². The van der Waals surface area contributed by atoms with E-state index in [2.05, 4.69) is 4.98 Å². The Morgan fingerprint density at radius 2 is 2.33 bits per heavy atom. The number of halogens is 1. The molecule has 21 heavy (non-hydrogen) atoms. The Bertz CT molecular complexity index is 696. The van der Waals surface area contributed by atoms with E-state index < -0.39 is 11.9 Å². The van der Waals surface area contributed by atoms with Crippen molar-refractivity contribution in [2.45, 2.75) is 19.4 Å². The first-order valence-corrected chi connectivity index (χ1v) is 7.10. The molecule has 0 amide bonds. The molecule has 5 nitrogen and oxygen atoms in total. The number of methoxy groups -OCH3 is 1. The summed E-state index contributed by atoms with van der Waals surface area (Å²) in [5.41, 5.74) is 1.78. The Kier molecular flexibility index (Phi) is 3.59. The number of aromatic nitrogens is 2. The minimum absolute atomic E-state index is 0.396. The normalized spacial score (nSPS) is 17.3. The first-order valence-electron chi connectivity index (χ1n) is 6.72. The molecule has 0 spiro atoms. The maximum absolute atomic E-state index is 11.2. The predicted octanol–water partition coefficient (Wildman–Crippen LogP) is 2.86. The summed E-state index contributed by atoms with van der Waals surface area (Å²) < 4.78 is 7.14. The molecule has 2 aromatic rings. The van der Waals surface area contributed by atoms with Crippen LogP contribution in [0.25, 0.3) is 11.4 Å². The van der Waals surface area contributed by atoms with Crippen LogP contribution in [0.15, 0.2) is 24.3 Å². The van der Waals surface area contributed by atoms with Crippen LogP contribution in [0, 0.1) is 5.92 Å². The van der Waals surface area contributed by atoms with Gasteiger partial charge in [0.1, 0.15) is 11.6 Å². The first-order chi connectivity index (χ1) is 10.1. The van der Waals surface area contributed by atoms with Crippen LogP contribution in [0.2, 0.25) is 5.15 Å². The molecular weight excluding hydrogens is 292 g/mol. The minimum Gasteiger partial charge on any atom is -0.497 e. The number of hydrogen-bond donors (Lipinski definition) is 1. The highest BCUT2D eigenvalue weighted by Gasteiger charge is 2.29. The number of ether oxygens (including phenoxy) is 1. The third-order valence-corrected chi connectivity index (χ3v) is 4.14. The quantitative estimate of drug-likeness (QED) is 0.947. The molecule has 1 N–H and O–H groups in total. The molecule has 1 aromatic carbocycles. The molecule has 0 bridgehead atoms. The second-order valence-electron chi connectivity index (χ2n) is 5.09. The van der Waals surface area contributed by atoms with Crippen molar-refractivity contribution in [1.82, 2.24) is 9.55 Å². The molecule has 1 aliphatic rings. The Morgan fingerprint density at radius 1 is 1.52 bits per heavy atom. The molecule has 1 unspecified atom stereocenters. The molecule has 0 fully saturated rings. The summed E-state index contributed by atoms with van der Waals surface area (Å²) in [4.78, 5) is 15.6. The van der Waals surface area contributed by atoms with Gasteiger partial charge in [-0.2, -0.15) is 0 Å². The molecule has 0 aliphatic carbocycles. The van der Waals surface area contributed by atoms with Crippen LogP contribution in [0.3, 0.4) is 0 Å². The lowest BCUT2D eigenvalue weighted by Gasteiger charge is -2.22. The van der Waals surface area contributed by atoms with Gasteiger partial charge >= 0.3 is 5.97 Å². The van der Waals surface area contributed by atoms with Crippen molar-refractivity contribution in [1.29, 1.82) is 0 Å². The van der Waals surface area contributed by atoms with Gasteiger partial charge in [-0.3, -0.25) is 4.79 Å². The third-order valence-electron chi connectivity index (χ3n) is 3.83. The zero-order valence-corrected chi connectivity index (χ0v) is 12.3. The Hall–Kier alpha value is -2.01. The second-order valence-corrected chi connectivity index (χ2v) is 5.45. The molecule has 3 rings (SSSR count). The zero-order valence-electron chi connectivity index (χ0n) is 11.5. The van der Waals surface area contributed by atoms with Gasteiger partial charge in [-0.1, -0.05) is 23.7 Å². The number of carboxylic acids is 1. The Morgan fingerprint density at radius 3 is 3.05 bits per heavy atom. The summed E-state index contributed by atoms with van der Waals surface area (Å²) in [6.07, 6.45) is 1.23. The molecule has 1 aromatic heterocycles. The number of benzene rings is 1. The molecule has 6 heteroatoms. The summed E-state index contributed by atoms with van der Waals surface area (Å²) in [7, 11) is 1.60. The van der Waals surface area contributed by atoms with Gasteiger partial charge in [-0.05, 0) is 25.0 Å². The monoisotopic (exact) mass is 306 g/mol. The van der Waals surface area contributed by atoms with Crippen molar-refractivity contribution in [3.05, 3.63) is 35.1 Å². The summed E-state index contributed by atoms with van der Waals surface area (Å²) in [5.74, 6) is 0.251. The summed E-state index contributed by atoms with van der Waals surface area (Å²) in [6, 6.07) is 7.52. The highest BCUT2D eigenvalue weighted by molar-refractivity contribution is 6.30. The fraction of sp³-hybridized carbons (Fsp3) is 0.333. The van der Waals surface area contributed by atoms with E-state index in [1.165, 1.54) is 0 Å². The molecule has 0 radical (unpaired) electrons. The van der Waals surface area contributed by atoms with Crippen molar-refractivity contribution in [2.24, 2.45) is 5.92 Å². The van der Waals surface area contributed by atoms with Crippen LogP contribution in [-0.2, 0) is 17.8 Å². The molecule has 0 saturated heterocycles. The fourth-order valence-corrected chi connectivity index (χ4v) is 2.98. The average Bonchev–Trinajstić information content (AvgIpc) is 2.84. The largest absolute Gasteiger partial charge is 0.497 e. The number of carboxylic acid groups (broad SMARTS) is 1. The van der Waals surface area contributed by atoms with Crippen LogP contribution in [0.4, 0.5) is 0 Å². The lowest BCUT2D eigenvalue weighted by molar-refractivity contribution is -0.142. The van der Waals surface area contributed by atoms with Crippen molar-refractivity contribution >= 4 is 17.6 Å². The van der Waals surface area contributed by atoms with E-state index in [0.717, 1.165) is 17.0 Å². The number of aliphatic carboxylic acids is 1. The predicted molar refractivity (Wildman–Crippen MR) is 78.7 cm³/mol. The Balaban J connectivity index is 2.06. The van der Waals surface area contributed by atoms with Gasteiger partial charge in [0, 0.05) is 12.1 Å². The fourth-order valence-electron chi connectivity index (χ4n) is 2.70. The van der Waals surface area contributed by atoms with Crippen molar-refractivity contribution < 1.29 is 14.6 Å². The van der Waals surface area contributed by atoms with E-state index in [4.69, 9.17) is 16.3 Å². The Labute approximate surface area is 127 Å². The number of nitrogens with zero attached hydrogens (tertiary/aromatic N) is 2. The maximum atomic E-state index is 11.2. The van der Waals surface area contributed by atoms with Gasteiger partial charge < -0.3 is 14.4 Å². The minimum atomic E-state index is -0.776. The van der Waals surface area contributed by atoms with E-state index in [9.17, 15) is 9.90 Å². The van der Waals surface area contributed by atoms with Gasteiger partial charge in [0.05, 0.1) is 18.7 Å². The first kappa shape index (κ1) is 13.9. The van der Waals surface area contributed by atoms with Crippen molar-refractivity contribution in [2.75, 3.05) is 7.11 Å². The highest BCUT2D eigenvalue weighted by atomic mass is 35.5. The van der Waals surface area contributed by atoms with E-state index in [1.807, 2.05) is 28.8 Å². The SMILES string of the molecule is COc1cccc(-c2nc(Cl)c3n2CC(C(=O)O)CC3)c1. The maximum Gasteiger partial charge on any atom is 0.308 e. The van der Waals surface area contributed by atoms with Gasteiger partial charge in [-0.25, -0.2) is 4.98 Å². The van der Waals surface area contributed by atoms with Crippen LogP contribution < -0.4 is 4.74 Å². The second kappa shape index (κ2) is 5.41. The smallest absolute Gasteiger partial charge is 0.308 e. The topological polar surface area (TPSA) is 64.4 Å². The van der Waals surface area contributed by atoms with Crippen LogP contribution in [0.1, 0.15) is 12.1 Å². The zero-order chi connectivity index (χ0) is 15.0. The van der Waals surface area contributed by atoms with E-state index in [-0.39, 0.29) is 0 Å². The highest BCUT2D eigenvalue weighted by Crippen LogP contribution is 2.33. The van der Waals surface area contributed by atoms with Gasteiger partial charge in [0.15, 0.2) is 5.15 Å². The lowest BCUT2D eigenvalue weighted by Crippen LogP contribution is -2.26. The molecule has 0 saturated carbocycles. The lowest BCUT2D eigenvalue weighted by atomic mass is 9.98.